The van der Waals surface area contributed by atoms with Crippen molar-refractivity contribution in [1.82, 2.24) is 4.57 Å². The number of carbonyl (C=O) groups is 1. The molecule has 0 saturated carbocycles. The van der Waals surface area contributed by atoms with Crippen LogP contribution in [0, 0.1) is 0 Å². The lowest BCUT2D eigenvalue weighted by atomic mass is 10.3. The van der Waals surface area contributed by atoms with Gasteiger partial charge in [-0.15, -0.1) is 0 Å². The van der Waals surface area contributed by atoms with Gasteiger partial charge in [0.15, 0.2) is 0 Å². The minimum Gasteiger partial charge on any atom is -0.459 e. The third kappa shape index (κ3) is 5.33. The molecule has 0 N–H and O–H groups in total. The Hall–Kier alpha value is -1.05. The molecule has 0 radical (unpaired) electrons. The maximum Gasteiger partial charge on any atom is 0.355 e. The van der Waals surface area contributed by atoms with Gasteiger partial charge in [-0.1, -0.05) is 0 Å². The highest BCUT2D eigenvalue weighted by Crippen LogP contribution is 2.22. The van der Waals surface area contributed by atoms with Gasteiger partial charge in [0.05, 0.1) is 12.7 Å². The molecular weight excluding hydrogens is 318 g/mol. The standard InChI is InChI=1S/C13H20ClNO5S/c1-9(2)15-8-11(21(14,17)18)7-12(15)13(16)20-6-5-19-10(3)4/h7-10H,5-6H2,1-4H3. The van der Waals surface area contributed by atoms with Gasteiger partial charge in [-0.05, 0) is 33.8 Å². The molecule has 6 nitrogen and oxygen atoms in total. The Balaban J connectivity index is 2.85. The monoisotopic (exact) mass is 337 g/mol. The minimum absolute atomic E-state index is 0.0521. The molecule has 0 aliphatic rings. The average molecular weight is 338 g/mol. The summed E-state index contributed by atoms with van der Waals surface area (Å²) in [5.74, 6) is -0.609. The van der Waals surface area contributed by atoms with E-state index in [1.54, 1.807) is 0 Å². The van der Waals surface area contributed by atoms with Gasteiger partial charge in [0.25, 0.3) is 9.05 Å². The molecule has 120 valence electrons. The van der Waals surface area contributed by atoms with Gasteiger partial charge in [-0.2, -0.15) is 0 Å². The van der Waals surface area contributed by atoms with Gasteiger partial charge >= 0.3 is 5.97 Å². The van der Waals surface area contributed by atoms with E-state index in [1.165, 1.54) is 16.8 Å². The largest absolute Gasteiger partial charge is 0.459 e. The zero-order valence-electron chi connectivity index (χ0n) is 12.5. The van der Waals surface area contributed by atoms with Crippen molar-refractivity contribution in [3.05, 3.63) is 18.0 Å². The van der Waals surface area contributed by atoms with Crippen molar-refractivity contribution in [3.63, 3.8) is 0 Å². The van der Waals surface area contributed by atoms with Gasteiger partial charge in [0.2, 0.25) is 0 Å². The van der Waals surface area contributed by atoms with Crippen molar-refractivity contribution in [3.8, 4) is 0 Å². The van der Waals surface area contributed by atoms with Crippen molar-refractivity contribution in [1.29, 1.82) is 0 Å². The molecule has 8 heteroatoms. The smallest absolute Gasteiger partial charge is 0.355 e. The zero-order chi connectivity index (χ0) is 16.2. The molecule has 0 saturated heterocycles. The molecule has 1 aromatic rings. The summed E-state index contributed by atoms with van der Waals surface area (Å²) in [6.45, 7) is 7.79. The molecule has 21 heavy (non-hydrogen) atoms. The van der Waals surface area contributed by atoms with Crippen LogP contribution in [0.4, 0.5) is 0 Å². The lowest BCUT2D eigenvalue weighted by Gasteiger charge is -2.12. The number of carbonyl (C=O) groups excluding carboxylic acids is 1. The molecule has 0 unspecified atom stereocenters. The fraction of sp³-hybridized carbons (Fsp3) is 0.615. The molecule has 0 aromatic carbocycles. The van der Waals surface area contributed by atoms with Crippen LogP contribution in [0.5, 0.6) is 0 Å². The summed E-state index contributed by atoms with van der Waals surface area (Å²) in [4.78, 5) is 11.9. The predicted molar refractivity (Wildman–Crippen MR) is 79.2 cm³/mol. The lowest BCUT2D eigenvalue weighted by Crippen LogP contribution is -2.17. The highest BCUT2D eigenvalue weighted by atomic mass is 35.7. The maximum atomic E-state index is 12.0. The van der Waals surface area contributed by atoms with Crippen molar-refractivity contribution in [2.75, 3.05) is 13.2 Å². The Bertz CT molecular complexity index is 592. The molecule has 0 amide bonds. The van der Waals surface area contributed by atoms with E-state index in [-0.39, 0.29) is 35.9 Å². The van der Waals surface area contributed by atoms with E-state index in [0.717, 1.165) is 0 Å². The van der Waals surface area contributed by atoms with E-state index in [4.69, 9.17) is 20.2 Å². The predicted octanol–water partition coefficient (Wildman–Crippen LogP) is 2.58. The second-order valence-electron chi connectivity index (χ2n) is 5.06. The summed E-state index contributed by atoms with van der Waals surface area (Å²) < 4.78 is 34.6. The van der Waals surface area contributed by atoms with Gasteiger partial charge in [-0.25, -0.2) is 13.2 Å². The molecule has 0 aliphatic heterocycles. The van der Waals surface area contributed by atoms with Crippen LogP contribution in [-0.4, -0.2) is 38.3 Å². The first-order valence-electron chi connectivity index (χ1n) is 6.58. The first-order valence-corrected chi connectivity index (χ1v) is 8.89. The SMILES string of the molecule is CC(C)OCCOC(=O)c1cc(S(=O)(=O)Cl)cn1C(C)C. The van der Waals surface area contributed by atoms with E-state index < -0.39 is 15.0 Å². The van der Waals surface area contributed by atoms with Crippen molar-refractivity contribution < 1.29 is 22.7 Å². The summed E-state index contributed by atoms with van der Waals surface area (Å²) in [5, 5.41) is 0. The molecule has 1 heterocycles. The van der Waals surface area contributed by atoms with Gasteiger partial charge in [-0.3, -0.25) is 0 Å². The van der Waals surface area contributed by atoms with Crippen LogP contribution in [0.25, 0.3) is 0 Å². The third-order valence-corrected chi connectivity index (χ3v) is 3.96. The van der Waals surface area contributed by atoms with Crippen molar-refractivity contribution in [2.24, 2.45) is 0 Å². The first kappa shape index (κ1) is 18.0. The molecule has 0 spiro atoms. The van der Waals surface area contributed by atoms with Crippen LogP contribution >= 0.6 is 10.7 Å². The van der Waals surface area contributed by atoms with Crippen LogP contribution in [0.2, 0.25) is 0 Å². The number of nitrogens with zero attached hydrogens (tertiary/aromatic N) is 1. The Morgan fingerprint density at radius 3 is 2.38 bits per heavy atom. The molecule has 1 aromatic heterocycles. The number of halogens is 1. The Morgan fingerprint density at radius 2 is 1.90 bits per heavy atom. The molecule has 0 aliphatic carbocycles. The Labute approximate surface area is 129 Å². The van der Waals surface area contributed by atoms with Crippen LogP contribution in [0.1, 0.15) is 44.2 Å². The number of ether oxygens (including phenoxy) is 2. The number of esters is 1. The number of hydrogen-bond donors (Lipinski definition) is 0. The van der Waals surface area contributed by atoms with Crippen LogP contribution in [-0.2, 0) is 18.5 Å². The highest BCUT2D eigenvalue weighted by molar-refractivity contribution is 8.13. The van der Waals surface area contributed by atoms with Crippen molar-refractivity contribution in [2.45, 2.75) is 44.7 Å². The highest BCUT2D eigenvalue weighted by Gasteiger charge is 2.22. The summed E-state index contributed by atoms with van der Waals surface area (Å²) in [6.07, 6.45) is 1.38. The quantitative estimate of drug-likeness (QED) is 0.434. The van der Waals surface area contributed by atoms with Crippen LogP contribution in [0.3, 0.4) is 0 Å². The van der Waals surface area contributed by atoms with Crippen LogP contribution < -0.4 is 0 Å². The molecule has 0 bridgehead atoms. The molecule has 1 rings (SSSR count). The summed E-state index contributed by atoms with van der Waals surface area (Å²) in [6, 6.07) is 1.11. The second-order valence-corrected chi connectivity index (χ2v) is 7.62. The van der Waals surface area contributed by atoms with Gasteiger partial charge in [0.1, 0.15) is 17.2 Å². The third-order valence-electron chi connectivity index (χ3n) is 2.64. The molecule has 0 atom stereocenters. The number of aromatic nitrogens is 1. The second kappa shape index (κ2) is 7.29. The number of hydrogen-bond acceptors (Lipinski definition) is 5. The maximum absolute atomic E-state index is 12.0. The van der Waals surface area contributed by atoms with E-state index in [0.29, 0.717) is 0 Å². The Kier molecular flexibility index (Phi) is 6.24. The Morgan fingerprint density at radius 1 is 1.29 bits per heavy atom. The van der Waals surface area contributed by atoms with Crippen molar-refractivity contribution >= 4 is 25.7 Å². The number of rotatable bonds is 7. The normalized spacial score (nSPS) is 12.1. The van der Waals surface area contributed by atoms with E-state index in [9.17, 15) is 13.2 Å². The first-order chi connectivity index (χ1) is 9.62. The summed E-state index contributed by atoms with van der Waals surface area (Å²) >= 11 is 0. The molecular formula is C13H20ClNO5S. The zero-order valence-corrected chi connectivity index (χ0v) is 14.1. The van der Waals surface area contributed by atoms with Gasteiger partial charge < -0.3 is 14.0 Å². The lowest BCUT2D eigenvalue weighted by molar-refractivity contribution is 0.0168. The average Bonchev–Trinajstić information content (AvgIpc) is 2.79. The summed E-state index contributed by atoms with van der Waals surface area (Å²) in [5.41, 5.74) is 0.147. The fourth-order valence-corrected chi connectivity index (χ4v) is 2.42. The van der Waals surface area contributed by atoms with E-state index in [1.807, 2.05) is 27.7 Å². The molecule has 0 fully saturated rings. The van der Waals surface area contributed by atoms with Gasteiger partial charge in [0, 0.05) is 22.9 Å². The van der Waals surface area contributed by atoms with Crippen LogP contribution in [0.15, 0.2) is 17.2 Å². The summed E-state index contributed by atoms with van der Waals surface area (Å²) in [7, 11) is 1.41. The fourth-order valence-electron chi connectivity index (χ4n) is 1.67. The topological polar surface area (TPSA) is 74.6 Å². The van der Waals surface area contributed by atoms with E-state index in [2.05, 4.69) is 0 Å². The minimum atomic E-state index is -3.89. The van der Waals surface area contributed by atoms with E-state index >= 15 is 0 Å².